The Hall–Kier alpha value is -1.24. The summed E-state index contributed by atoms with van der Waals surface area (Å²) in [5, 5.41) is 4.43. The predicted molar refractivity (Wildman–Crippen MR) is 88.2 cm³/mol. The van der Waals surface area contributed by atoms with E-state index in [1.54, 1.807) is 0 Å². The van der Waals surface area contributed by atoms with Gasteiger partial charge < -0.3 is 10.6 Å². The van der Waals surface area contributed by atoms with Crippen LogP contribution in [0.15, 0.2) is 22.8 Å². The highest BCUT2D eigenvalue weighted by Crippen LogP contribution is 2.27. The number of hydrogen-bond acceptors (Lipinski definition) is 4. The van der Waals surface area contributed by atoms with Gasteiger partial charge in [-0.05, 0) is 61.6 Å². The van der Waals surface area contributed by atoms with Crippen LogP contribution in [0.3, 0.4) is 0 Å². The topological polar surface area (TPSA) is 60.0 Å². The maximum atomic E-state index is 6.47. The molecule has 21 heavy (non-hydrogen) atoms. The van der Waals surface area contributed by atoms with Gasteiger partial charge in [0.2, 0.25) is 0 Å². The van der Waals surface area contributed by atoms with Gasteiger partial charge in [-0.1, -0.05) is 0 Å². The van der Waals surface area contributed by atoms with Crippen molar-refractivity contribution < 1.29 is 0 Å². The predicted octanol–water partition coefficient (Wildman–Crippen LogP) is 2.27. The van der Waals surface area contributed by atoms with E-state index < -0.39 is 0 Å². The highest BCUT2D eigenvalue weighted by Gasteiger charge is 2.19. The van der Waals surface area contributed by atoms with Crippen molar-refractivity contribution >= 4 is 15.9 Å². The van der Waals surface area contributed by atoms with Gasteiger partial charge in [0, 0.05) is 17.9 Å². The average Bonchev–Trinajstić information content (AvgIpc) is 2.75. The molecule has 0 spiro atoms. The van der Waals surface area contributed by atoms with Gasteiger partial charge >= 0.3 is 0 Å². The van der Waals surface area contributed by atoms with Crippen LogP contribution in [-0.4, -0.2) is 40.3 Å². The number of likely N-dealkylation sites (N-methyl/N-ethyl adjacent to an activating group) is 1. The highest BCUT2D eigenvalue weighted by molar-refractivity contribution is 9.10. The molecular formula is C15H22BrN5. The minimum Gasteiger partial charge on any atom is -0.319 e. The normalized spacial score (nSPS) is 12.9. The minimum atomic E-state index is -0.218. The fourth-order valence-corrected chi connectivity index (χ4v) is 2.90. The average molecular weight is 352 g/mol. The van der Waals surface area contributed by atoms with Crippen LogP contribution in [-0.2, 0) is 6.54 Å². The molecule has 1 atom stereocenters. The second kappa shape index (κ2) is 6.68. The Kier molecular flexibility index (Phi) is 5.13. The van der Waals surface area contributed by atoms with Gasteiger partial charge in [-0.25, -0.2) is 0 Å². The van der Waals surface area contributed by atoms with Gasteiger partial charge in [0.15, 0.2) is 0 Å². The van der Waals surface area contributed by atoms with E-state index in [9.17, 15) is 0 Å². The molecule has 0 radical (unpaired) electrons. The van der Waals surface area contributed by atoms with Crippen molar-refractivity contribution in [2.75, 3.05) is 20.6 Å². The van der Waals surface area contributed by atoms with Crippen LogP contribution in [0.5, 0.6) is 0 Å². The number of aryl methyl sites for hydroxylation is 2. The Morgan fingerprint density at radius 3 is 2.48 bits per heavy atom. The van der Waals surface area contributed by atoms with Gasteiger partial charge in [-0.15, -0.1) is 0 Å². The first-order chi connectivity index (χ1) is 9.88. The van der Waals surface area contributed by atoms with Crippen LogP contribution in [0.1, 0.15) is 28.7 Å². The van der Waals surface area contributed by atoms with E-state index in [2.05, 4.69) is 30.9 Å². The Labute approximate surface area is 134 Å². The van der Waals surface area contributed by atoms with Gasteiger partial charge in [0.05, 0.1) is 29.0 Å². The monoisotopic (exact) mass is 351 g/mol. The third-order valence-electron chi connectivity index (χ3n) is 3.35. The molecule has 0 amide bonds. The lowest BCUT2D eigenvalue weighted by Gasteiger charge is -2.18. The molecule has 0 saturated heterocycles. The van der Waals surface area contributed by atoms with E-state index in [0.29, 0.717) is 0 Å². The zero-order chi connectivity index (χ0) is 15.6. The second-order valence-corrected chi connectivity index (χ2v) is 6.42. The summed E-state index contributed by atoms with van der Waals surface area (Å²) < 4.78 is 2.92. The first-order valence-corrected chi connectivity index (χ1v) is 7.74. The van der Waals surface area contributed by atoms with Crippen molar-refractivity contribution in [2.45, 2.75) is 26.4 Å². The van der Waals surface area contributed by atoms with E-state index in [-0.39, 0.29) is 6.04 Å². The number of pyridine rings is 1. The summed E-state index contributed by atoms with van der Waals surface area (Å²) in [7, 11) is 4.10. The second-order valence-electron chi connectivity index (χ2n) is 5.57. The Morgan fingerprint density at radius 2 is 1.90 bits per heavy atom. The van der Waals surface area contributed by atoms with E-state index in [1.165, 1.54) is 0 Å². The molecule has 2 rings (SSSR count). The standard InChI is InChI=1S/C15H22BrN5/c1-10-7-12(8-11(2)19-10)14(17)15-13(16)9-18-21(15)6-5-20(3)4/h7-9,14H,5-6,17H2,1-4H3. The zero-order valence-electron chi connectivity index (χ0n) is 13.0. The maximum absolute atomic E-state index is 6.47. The van der Waals surface area contributed by atoms with E-state index in [0.717, 1.165) is 40.2 Å². The van der Waals surface area contributed by atoms with Crippen molar-refractivity contribution in [1.29, 1.82) is 0 Å². The largest absolute Gasteiger partial charge is 0.319 e. The van der Waals surface area contributed by atoms with Gasteiger partial charge in [-0.2, -0.15) is 5.10 Å². The Bertz CT molecular complexity index is 600. The fourth-order valence-electron chi connectivity index (χ4n) is 2.36. The van der Waals surface area contributed by atoms with Crippen LogP contribution in [0, 0.1) is 13.8 Å². The molecule has 0 saturated carbocycles. The van der Waals surface area contributed by atoms with Gasteiger partial charge in [0.1, 0.15) is 0 Å². The van der Waals surface area contributed by atoms with Crippen molar-refractivity contribution in [1.82, 2.24) is 19.7 Å². The van der Waals surface area contributed by atoms with Crippen LogP contribution in [0.4, 0.5) is 0 Å². The molecule has 2 heterocycles. The smallest absolute Gasteiger partial charge is 0.0739 e. The molecule has 5 nitrogen and oxygen atoms in total. The molecule has 0 aliphatic rings. The Balaban J connectivity index is 2.33. The molecule has 1 unspecified atom stereocenters. The lowest BCUT2D eigenvalue weighted by Crippen LogP contribution is -2.23. The van der Waals surface area contributed by atoms with Crippen LogP contribution in [0.2, 0.25) is 0 Å². The summed E-state index contributed by atoms with van der Waals surface area (Å²) in [6.45, 7) is 5.70. The van der Waals surface area contributed by atoms with E-state index in [4.69, 9.17) is 5.73 Å². The highest BCUT2D eigenvalue weighted by atomic mass is 79.9. The molecule has 6 heteroatoms. The molecule has 2 aromatic heterocycles. The molecule has 0 aliphatic carbocycles. The number of aromatic nitrogens is 3. The third-order valence-corrected chi connectivity index (χ3v) is 3.96. The summed E-state index contributed by atoms with van der Waals surface area (Å²) in [5.74, 6) is 0. The molecule has 0 aliphatic heterocycles. The molecule has 0 aromatic carbocycles. The van der Waals surface area contributed by atoms with Crippen molar-refractivity contribution in [3.05, 3.63) is 45.4 Å². The molecule has 0 bridgehead atoms. The summed E-state index contributed by atoms with van der Waals surface area (Å²) in [6, 6.07) is 3.85. The van der Waals surface area contributed by atoms with Crippen LogP contribution in [0.25, 0.3) is 0 Å². The summed E-state index contributed by atoms with van der Waals surface area (Å²) >= 11 is 3.57. The van der Waals surface area contributed by atoms with Crippen LogP contribution >= 0.6 is 15.9 Å². The molecule has 2 aromatic rings. The summed E-state index contributed by atoms with van der Waals surface area (Å²) in [5.41, 5.74) is 10.5. The lowest BCUT2D eigenvalue weighted by atomic mass is 10.0. The number of halogens is 1. The zero-order valence-corrected chi connectivity index (χ0v) is 14.6. The number of nitrogens with zero attached hydrogens (tertiary/aromatic N) is 4. The first kappa shape index (κ1) is 16.1. The maximum Gasteiger partial charge on any atom is 0.0739 e. The van der Waals surface area contributed by atoms with Crippen LogP contribution < -0.4 is 5.73 Å². The van der Waals surface area contributed by atoms with E-state index >= 15 is 0 Å². The Morgan fingerprint density at radius 1 is 1.29 bits per heavy atom. The molecule has 2 N–H and O–H groups in total. The molecule has 114 valence electrons. The summed E-state index contributed by atoms with van der Waals surface area (Å²) in [4.78, 5) is 6.54. The number of hydrogen-bond donors (Lipinski definition) is 1. The third kappa shape index (κ3) is 3.90. The molecular weight excluding hydrogens is 330 g/mol. The van der Waals surface area contributed by atoms with Crippen molar-refractivity contribution in [3.8, 4) is 0 Å². The van der Waals surface area contributed by atoms with Crippen molar-refractivity contribution in [3.63, 3.8) is 0 Å². The lowest BCUT2D eigenvalue weighted by molar-refractivity contribution is 0.368. The number of nitrogens with two attached hydrogens (primary N) is 1. The van der Waals surface area contributed by atoms with E-state index in [1.807, 2.05) is 51.0 Å². The van der Waals surface area contributed by atoms with Gasteiger partial charge in [0.25, 0.3) is 0 Å². The quantitative estimate of drug-likeness (QED) is 0.897. The van der Waals surface area contributed by atoms with Crippen molar-refractivity contribution in [2.24, 2.45) is 5.73 Å². The fraction of sp³-hybridized carbons (Fsp3) is 0.467. The van der Waals surface area contributed by atoms with Gasteiger partial charge in [-0.3, -0.25) is 9.67 Å². The minimum absolute atomic E-state index is 0.218. The SMILES string of the molecule is Cc1cc(C(N)c2c(Br)cnn2CCN(C)C)cc(C)n1. The molecule has 0 fully saturated rings. The first-order valence-electron chi connectivity index (χ1n) is 6.95. The summed E-state index contributed by atoms with van der Waals surface area (Å²) in [6.07, 6.45) is 1.81. The number of rotatable bonds is 5.